The van der Waals surface area contributed by atoms with Crippen LogP contribution in [0.3, 0.4) is 0 Å². The second-order valence-corrected chi connectivity index (χ2v) is 5.17. The molecule has 3 rings (SSSR count). The van der Waals surface area contributed by atoms with Gasteiger partial charge in [0.15, 0.2) is 0 Å². The number of hydrogen-bond donors (Lipinski definition) is 1. The monoisotopic (exact) mass is 300 g/mol. The molecule has 1 amide bonds. The molecule has 0 radical (unpaired) electrons. The quantitative estimate of drug-likeness (QED) is 0.686. The minimum atomic E-state index is -0.628. The highest BCUT2D eigenvalue weighted by Crippen LogP contribution is 2.24. The number of likely N-dealkylation sites (tertiary alicyclic amines) is 1. The van der Waals surface area contributed by atoms with E-state index in [4.69, 9.17) is 4.42 Å². The second-order valence-electron chi connectivity index (χ2n) is 5.17. The molecular weight excluding hydrogens is 284 g/mol. The van der Waals surface area contributed by atoms with E-state index < -0.39 is 5.63 Å². The first-order valence-corrected chi connectivity index (χ1v) is 7.19. The number of hydrogen-bond acceptors (Lipinski definition) is 5. The number of fused-ring (bicyclic) bond motifs is 1. The van der Waals surface area contributed by atoms with E-state index in [-0.39, 0.29) is 17.2 Å². The summed E-state index contributed by atoms with van der Waals surface area (Å²) >= 11 is 0. The first kappa shape index (κ1) is 14.3. The van der Waals surface area contributed by atoms with Crippen LogP contribution in [0.25, 0.3) is 11.0 Å². The molecule has 0 bridgehead atoms. The summed E-state index contributed by atoms with van der Waals surface area (Å²) in [6.45, 7) is 1.67. The molecule has 1 aromatic carbocycles. The number of rotatable bonds is 4. The zero-order chi connectivity index (χ0) is 15.5. The SMILES string of the molecule is O=C1CCCN1CCN=Cc1c(O)c2ccccc2oc1=O. The van der Waals surface area contributed by atoms with Crippen LogP contribution in [0, 0.1) is 0 Å². The minimum Gasteiger partial charge on any atom is -0.506 e. The Morgan fingerprint density at radius 1 is 1.32 bits per heavy atom. The van der Waals surface area contributed by atoms with Crippen molar-refractivity contribution in [2.24, 2.45) is 4.99 Å². The van der Waals surface area contributed by atoms with Crippen molar-refractivity contribution in [2.75, 3.05) is 19.6 Å². The number of aliphatic imine (C=N–C) groups is 1. The number of carbonyl (C=O) groups is 1. The summed E-state index contributed by atoms with van der Waals surface area (Å²) in [7, 11) is 0. The van der Waals surface area contributed by atoms with Crippen LogP contribution in [0.15, 0.2) is 38.5 Å². The van der Waals surface area contributed by atoms with Crippen LogP contribution in [-0.2, 0) is 4.79 Å². The maximum Gasteiger partial charge on any atom is 0.348 e. The second kappa shape index (κ2) is 6.01. The van der Waals surface area contributed by atoms with Gasteiger partial charge in [-0.3, -0.25) is 9.79 Å². The fourth-order valence-electron chi connectivity index (χ4n) is 2.54. The van der Waals surface area contributed by atoms with Crippen LogP contribution in [0.5, 0.6) is 5.75 Å². The van der Waals surface area contributed by atoms with E-state index in [9.17, 15) is 14.7 Å². The molecule has 1 aliphatic heterocycles. The Morgan fingerprint density at radius 3 is 2.91 bits per heavy atom. The molecule has 0 saturated carbocycles. The fourth-order valence-corrected chi connectivity index (χ4v) is 2.54. The lowest BCUT2D eigenvalue weighted by Crippen LogP contribution is -2.27. The van der Waals surface area contributed by atoms with Gasteiger partial charge >= 0.3 is 5.63 Å². The third-order valence-corrected chi connectivity index (χ3v) is 3.71. The summed E-state index contributed by atoms with van der Waals surface area (Å²) in [6.07, 6.45) is 2.80. The van der Waals surface area contributed by atoms with E-state index in [1.807, 2.05) is 0 Å². The Hall–Kier alpha value is -2.63. The maximum atomic E-state index is 11.9. The number of nitrogens with zero attached hydrogens (tertiary/aromatic N) is 2. The Bertz CT molecular complexity index is 794. The van der Waals surface area contributed by atoms with Crippen molar-refractivity contribution in [3.05, 3.63) is 40.2 Å². The molecule has 0 atom stereocenters. The summed E-state index contributed by atoms with van der Waals surface area (Å²) in [4.78, 5) is 29.2. The molecule has 1 aromatic heterocycles. The molecule has 6 nitrogen and oxygen atoms in total. The zero-order valence-electron chi connectivity index (χ0n) is 12.0. The van der Waals surface area contributed by atoms with E-state index in [0.29, 0.717) is 30.5 Å². The summed E-state index contributed by atoms with van der Waals surface area (Å²) in [5.74, 6) is 0.0103. The molecule has 1 fully saturated rings. The van der Waals surface area contributed by atoms with E-state index in [2.05, 4.69) is 4.99 Å². The Morgan fingerprint density at radius 2 is 2.14 bits per heavy atom. The highest BCUT2D eigenvalue weighted by atomic mass is 16.4. The van der Waals surface area contributed by atoms with Crippen molar-refractivity contribution in [1.82, 2.24) is 4.90 Å². The molecule has 0 unspecified atom stereocenters. The van der Waals surface area contributed by atoms with Gasteiger partial charge in [0.1, 0.15) is 16.9 Å². The molecule has 1 aliphatic rings. The minimum absolute atomic E-state index is 0.0337. The molecule has 1 N–H and O–H groups in total. The van der Waals surface area contributed by atoms with Crippen molar-refractivity contribution < 1.29 is 14.3 Å². The Labute approximate surface area is 126 Å². The van der Waals surface area contributed by atoms with Gasteiger partial charge in [0.2, 0.25) is 5.91 Å². The molecule has 114 valence electrons. The maximum absolute atomic E-state index is 11.9. The van der Waals surface area contributed by atoms with Gasteiger partial charge in [0.05, 0.1) is 11.9 Å². The van der Waals surface area contributed by atoms with Gasteiger partial charge in [-0.1, -0.05) is 12.1 Å². The molecule has 6 heteroatoms. The van der Waals surface area contributed by atoms with Gasteiger partial charge in [-0.25, -0.2) is 4.79 Å². The molecule has 0 aliphatic carbocycles. The molecule has 0 spiro atoms. The van der Waals surface area contributed by atoms with Gasteiger partial charge in [0, 0.05) is 25.7 Å². The average molecular weight is 300 g/mol. The third kappa shape index (κ3) is 2.72. The standard InChI is InChI=1S/C16H16N2O4/c19-14-6-3-8-18(14)9-7-17-10-12-15(20)11-4-1-2-5-13(11)22-16(12)21/h1-2,4-5,10,20H,3,6-9H2. The summed E-state index contributed by atoms with van der Waals surface area (Å²) < 4.78 is 5.15. The highest BCUT2D eigenvalue weighted by Gasteiger charge is 2.19. The molecular formula is C16H16N2O4. The number of benzene rings is 1. The van der Waals surface area contributed by atoms with Crippen LogP contribution >= 0.6 is 0 Å². The lowest BCUT2D eigenvalue weighted by molar-refractivity contribution is -0.127. The summed E-state index contributed by atoms with van der Waals surface area (Å²) in [6, 6.07) is 6.78. The van der Waals surface area contributed by atoms with Crippen LogP contribution in [0.2, 0.25) is 0 Å². The van der Waals surface area contributed by atoms with Crippen LogP contribution < -0.4 is 5.63 Å². The smallest absolute Gasteiger partial charge is 0.348 e. The molecule has 1 saturated heterocycles. The van der Waals surface area contributed by atoms with Crippen molar-refractivity contribution in [2.45, 2.75) is 12.8 Å². The normalized spacial score (nSPS) is 15.3. The number of amides is 1. The Kier molecular flexibility index (Phi) is 3.91. The van der Waals surface area contributed by atoms with E-state index in [1.165, 1.54) is 6.21 Å². The predicted octanol–water partition coefficient (Wildman–Crippen LogP) is 1.54. The summed E-state index contributed by atoms with van der Waals surface area (Å²) in [5.41, 5.74) is -0.256. The molecule has 2 aromatic rings. The average Bonchev–Trinajstić information content (AvgIpc) is 2.91. The number of para-hydroxylation sites is 1. The first-order chi connectivity index (χ1) is 10.7. The van der Waals surface area contributed by atoms with E-state index in [0.717, 1.165) is 13.0 Å². The van der Waals surface area contributed by atoms with Crippen molar-refractivity contribution in [3.8, 4) is 5.75 Å². The van der Waals surface area contributed by atoms with Gasteiger partial charge in [0.25, 0.3) is 0 Å². The molecule has 22 heavy (non-hydrogen) atoms. The Balaban J connectivity index is 1.77. The van der Waals surface area contributed by atoms with E-state index in [1.54, 1.807) is 29.2 Å². The third-order valence-electron chi connectivity index (χ3n) is 3.71. The highest BCUT2D eigenvalue weighted by molar-refractivity contribution is 5.93. The first-order valence-electron chi connectivity index (χ1n) is 7.19. The lowest BCUT2D eigenvalue weighted by Gasteiger charge is -2.12. The van der Waals surface area contributed by atoms with Gasteiger partial charge < -0.3 is 14.4 Å². The van der Waals surface area contributed by atoms with Gasteiger partial charge in [-0.05, 0) is 18.6 Å². The zero-order valence-corrected chi connectivity index (χ0v) is 12.0. The summed E-state index contributed by atoms with van der Waals surface area (Å²) in [5, 5.41) is 10.6. The van der Waals surface area contributed by atoms with Gasteiger partial charge in [-0.2, -0.15) is 0 Å². The largest absolute Gasteiger partial charge is 0.506 e. The van der Waals surface area contributed by atoms with Crippen LogP contribution in [0.4, 0.5) is 0 Å². The number of aromatic hydroxyl groups is 1. The van der Waals surface area contributed by atoms with Crippen molar-refractivity contribution in [3.63, 3.8) is 0 Å². The lowest BCUT2D eigenvalue weighted by atomic mass is 10.1. The predicted molar refractivity (Wildman–Crippen MR) is 82.4 cm³/mol. The van der Waals surface area contributed by atoms with Crippen LogP contribution in [-0.4, -0.2) is 41.8 Å². The fraction of sp³-hybridized carbons (Fsp3) is 0.312. The van der Waals surface area contributed by atoms with Crippen molar-refractivity contribution in [1.29, 1.82) is 0 Å². The number of carbonyl (C=O) groups excluding carboxylic acids is 1. The van der Waals surface area contributed by atoms with E-state index >= 15 is 0 Å². The van der Waals surface area contributed by atoms with Crippen molar-refractivity contribution >= 4 is 23.1 Å². The molecule has 2 heterocycles. The van der Waals surface area contributed by atoms with Crippen LogP contribution in [0.1, 0.15) is 18.4 Å². The van der Waals surface area contributed by atoms with Gasteiger partial charge in [-0.15, -0.1) is 0 Å². The topological polar surface area (TPSA) is 83.1 Å².